The van der Waals surface area contributed by atoms with Gasteiger partial charge in [-0.25, -0.2) is 0 Å². The summed E-state index contributed by atoms with van der Waals surface area (Å²) in [6, 6.07) is 0. The van der Waals surface area contributed by atoms with Crippen molar-refractivity contribution in [1.29, 1.82) is 0 Å². The van der Waals surface area contributed by atoms with E-state index in [1.54, 1.807) is 0 Å². The normalized spacial score (nSPS) is 36.7. The summed E-state index contributed by atoms with van der Waals surface area (Å²) < 4.78 is 0. The summed E-state index contributed by atoms with van der Waals surface area (Å²) in [7, 11) is 2.14. The fraction of sp³-hybridized carbons (Fsp3) is 1.00. The topological polar surface area (TPSA) is 12.0 Å². The van der Waals surface area contributed by atoms with E-state index < -0.39 is 0 Å². The molecule has 100 valence electrons. The summed E-state index contributed by atoms with van der Waals surface area (Å²) in [5.41, 5.74) is 1.18. The molecule has 0 aromatic carbocycles. The molecule has 2 aliphatic carbocycles. The quantitative estimate of drug-likeness (QED) is 0.754. The molecule has 0 saturated heterocycles. The van der Waals surface area contributed by atoms with Gasteiger partial charge < -0.3 is 5.32 Å². The van der Waals surface area contributed by atoms with Crippen LogP contribution >= 0.6 is 0 Å². The molecule has 17 heavy (non-hydrogen) atoms. The number of nitrogens with one attached hydrogen (secondary N) is 1. The Morgan fingerprint density at radius 1 is 1.24 bits per heavy atom. The summed E-state index contributed by atoms with van der Waals surface area (Å²) in [6.45, 7) is 8.38. The lowest BCUT2D eigenvalue weighted by Gasteiger charge is -2.38. The molecule has 2 aliphatic rings. The van der Waals surface area contributed by atoms with Gasteiger partial charge in [0, 0.05) is 6.54 Å². The fourth-order valence-corrected chi connectivity index (χ4v) is 4.49. The van der Waals surface area contributed by atoms with Gasteiger partial charge in [-0.1, -0.05) is 33.6 Å². The van der Waals surface area contributed by atoms with Crippen molar-refractivity contribution in [2.75, 3.05) is 13.6 Å². The molecule has 2 bridgehead atoms. The van der Waals surface area contributed by atoms with E-state index in [2.05, 4.69) is 33.1 Å². The third kappa shape index (κ3) is 3.05. The number of hydrogen-bond acceptors (Lipinski definition) is 1. The predicted octanol–water partition coefficient (Wildman–Crippen LogP) is 4.23. The largest absolute Gasteiger partial charge is 0.319 e. The van der Waals surface area contributed by atoms with Crippen LogP contribution in [-0.4, -0.2) is 13.6 Å². The van der Waals surface area contributed by atoms with Crippen molar-refractivity contribution in [3.8, 4) is 0 Å². The maximum absolute atomic E-state index is 3.48. The second-order valence-corrected chi connectivity index (χ2v) is 7.89. The van der Waals surface area contributed by atoms with Crippen LogP contribution in [0.5, 0.6) is 0 Å². The zero-order valence-electron chi connectivity index (χ0n) is 12.3. The van der Waals surface area contributed by atoms with Crippen molar-refractivity contribution >= 4 is 0 Å². The SMILES string of the molecule is CNCC1(CCCC(C)(C)C)CC2CCC1C2. The lowest BCUT2D eigenvalue weighted by molar-refractivity contribution is 0.135. The minimum absolute atomic E-state index is 0.512. The molecule has 0 aromatic rings. The van der Waals surface area contributed by atoms with E-state index in [1.165, 1.54) is 51.5 Å². The van der Waals surface area contributed by atoms with Crippen LogP contribution in [0.2, 0.25) is 0 Å². The highest BCUT2D eigenvalue weighted by Crippen LogP contribution is 2.58. The van der Waals surface area contributed by atoms with Crippen molar-refractivity contribution in [2.45, 2.75) is 65.7 Å². The highest BCUT2D eigenvalue weighted by atomic mass is 14.8. The van der Waals surface area contributed by atoms with Crippen molar-refractivity contribution in [3.05, 3.63) is 0 Å². The molecule has 3 atom stereocenters. The van der Waals surface area contributed by atoms with Gasteiger partial charge in [0.1, 0.15) is 0 Å². The molecule has 2 fully saturated rings. The van der Waals surface area contributed by atoms with Crippen LogP contribution in [0.15, 0.2) is 0 Å². The Hall–Kier alpha value is -0.0400. The van der Waals surface area contributed by atoms with Crippen LogP contribution in [0.3, 0.4) is 0 Å². The van der Waals surface area contributed by atoms with Gasteiger partial charge in [0.05, 0.1) is 0 Å². The van der Waals surface area contributed by atoms with Crippen molar-refractivity contribution in [2.24, 2.45) is 22.7 Å². The monoisotopic (exact) mass is 237 g/mol. The van der Waals surface area contributed by atoms with Crippen molar-refractivity contribution in [1.82, 2.24) is 5.32 Å². The summed E-state index contributed by atoms with van der Waals surface area (Å²) in [5, 5.41) is 3.48. The van der Waals surface area contributed by atoms with Gasteiger partial charge in [0.2, 0.25) is 0 Å². The molecule has 1 N–H and O–H groups in total. The zero-order chi connectivity index (χ0) is 12.5. The standard InChI is InChI=1S/C16H31N/c1-15(2,3)8-5-9-16(12-17-4)11-13-6-7-14(16)10-13/h13-14,17H,5-12H2,1-4H3. The summed E-state index contributed by atoms with van der Waals surface area (Å²) >= 11 is 0. The third-order valence-electron chi connectivity index (χ3n) is 5.23. The maximum Gasteiger partial charge on any atom is 0.000756 e. The Morgan fingerprint density at radius 2 is 2.00 bits per heavy atom. The van der Waals surface area contributed by atoms with Gasteiger partial charge in [0.15, 0.2) is 0 Å². The van der Waals surface area contributed by atoms with Crippen LogP contribution in [0, 0.1) is 22.7 Å². The van der Waals surface area contributed by atoms with E-state index in [-0.39, 0.29) is 0 Å². The van der Waals surface area contributed by atoms with Gasteiger partial charge in [-0.05, 0) is 61.8 Å². The lowest BCUT2D eigenvalue weighted by Crippen LogP contribution is -2.37. The van der Waals surface area contributed by atoms with E-state index in [4.69, 9.17) is 0 Å². The van der Waals surface area contributed by atoms with Gasteiger partial charge in [-0.3, -0.25) is 0 Å². The average molecular weight is 237 g/mol. The van der Waals surface area contributed by atoms with Gasteiger partial charge in [0.25, 0.3) is 0 Å². The first kappa shape index (κ1) is 13.4. The van der Waals surface area contributed by atoms with Crippen molar-refractivity contribution in [3.63, 3.8) is 0 Å². The molecule has 0 heterocycles. The Labute approximate surface area is 108 Å². The Balaban J connectivity index is 1.89. The highest BCUT2D eigenvalue weighted by Gasteiger charge is 2.49. The van der Waals surface area contributed by atoms with Crippen LogP contribution in [0.1, 0.15) is 65.7 Å². The summed E-state index contributed by atoms with van der Waals surface area (Å²) in [6.07, 6.45) is 10.4. The second-order valence-electron chi connectivity index (χ2n) is 7.89. The maximum atomic E-state index is 3.48. The van der Waals surface area contributed by atoms with Crippen LogP contribution in [0.4, 0.5) is 0 Å². The predicted molar refractivity (Wildman–Crippen MR) is 75.1 cm³/mol. The van der Waals surface area contributed by atoms with Crippen LogP contribution in [0.25, 0.3) is 0 Å². The molecule has 0 spiro atoms. The first-order chi connectivity index (χ1) is 7.95. The van der Waals surface area contributed by atoms with Crippen LogP contribution < -0.4 is 5.32 Å². The number of fused-ring (bicyclic) bond motifs is 2. The highest BCUT2D eigenvalue weighted by molar-refractivity contribution is 5.01. The summed E-state index contributed by atoms with van der Waals surface area (Å²) in [5.74, 6) is 2.11. The molecule has 0 radical (unpaired) electrons. The van der Waals surface area contributed by atoms with E-state index in [9.17, 15) is 0 Å². The van der Waals surface area contributed by atoms with Gasteiger partial charge in [-0.2, -0.15) is 0 Å². The third-order valence-corrected chi connectivity index (χ3v) is 5.23. The molecule has 3 unspecified atom stereocenters. The Kier molecular flexibility index (Phi) is 3.87. The summed E-state index contributed by atoms with van der Waals surface area (Å²) in [4.78, 5) is 0. The van der Waals surface area contributed by atoms with Gasteiger partial charge >= 0.3 is 0 Å². The average Bonchev–Trinajstić information content (AvgIpc) is 2.76. The van der Waals surface area contributed by atoms with Crippen molar-refractivity contribution < 1.29 is 0 Å². The van der Waals surface area contributed by atoms with E-state index in [0.29, 0.717) is 10.8 Å². The molecule has 0 amide bonds. The smallest absolute Gasteiger partial charge is 0.000756 e. The van der Waals surface area contributed by atoms with E-state index in [0.717, 1.165) is 11.8 Å². The lowest BCUT2D eigenvalue weighted by atomic mass is 9.69. The minimum Gasteiger partial charge on any atom is -0.319 e. The molecular formula is C16H31N. The molecular weight excluding hydrogens is 206 g/mol. The Bertz CT molecular complexity index is 253. The molecule has 0 aliphatic heterocycles. The fourth-order valence-electron chi connectivity index (χ4n) is 4.49. The van der Waals surface area contributed by atoms with E-state index >= 15 is 0 Å². The van der Waals surface area contributed by atoms with Crippen LogP contribution in [-0.2, 0) is 0 Å². The molecule has 1 nitrogen and oxygen atoms in total. The molecule has 0 aromatic heterocycles. The number of rotatable bonds is 5. The van der Waals surface area contributed by atoms with Gasteiger partial charge in [-0.15, -0.1) is 0 Å². The zero-order valence-corrected chi connectivity index (χ0v) is 12.3. The van der Waals surface area contributed by atoms with E-state index in [1.807, 2.05) is 0 Å². The minimum atomic E-state index is 0.512. The Morgan fingerprint density at radius 3 is 2.47 bits per heavy atom. The number of hydrogen-bond donors (Lipinski definition) is 1. The molecule has 2 saturated carbocycles. The molecule has 2 rings (SSSR count). The molecule has 1 heteroatoms. The first-order valence-corrected chi connectivity index (χ1v) is 7.60. The first-order valence-electron chi connectivity index (χ1n) is 7.60. The second kappa shape index (κ2) is 4.91.